The van der Waals surface area contributed by atoms with Crippen molar-refractivity contribution in [2.24, 2.45) is 5.92 Å². The van der Waals surface area contributed by atoms with Gasteiger partial charge >= 0.3 is 11.6 Å². The van der Waals surface area contributed by atoms with Gasteiger partial charge in [-0.15, -0.1) is 4.52 Å². The number of imidazole rings is 1. The number of aryl methyl sites for hydroxylation is 1. The first-order valence-corrected chi connectivity index (χ1v) is 17.0. The lowest BCUT2D eigenvalue weighted by atomic mass is 9.98. The van der Waals surface area contributed by atoms with Crippen molar-refractivity contribution in [2.75, 3.05) is 13.6 Å². The molecule has 5 rings (SSSR count). The average molecular weight is 704 g/mol. The van der Waals surface area contributed by atoms with Gasteiger partial charge in [-0.2, -0.15) is 0 Å². The predicted octanol–water partition coefficient (Wildman–Crippen LogP) is 0.0338. The lowest BCUT2D eigenvalue weighted by Crippen LogP contribution is -2.59. The fraction of sp³-hybridized carbons (Fsp3) is 0.429. The van der Waals surface area contributed by atoms with E-state index >= 15 is 0 Å². The molecule has 1 aromatic carbocycles. The van der Waals surface area contributed by atoms with E-state index < -0.39 is 78.6 Å². The second kappa shape index (κ2) is 16.3. The number of hydrogen-bond donors (Lipinski definition) is 6. The van der Waals surface area contributed by atoms with Crippen LogP contribution in [-0.2, 0) is 36.9 Å². The molecule has 4 heterocycles. The SMILES string of the molecule is CC(C)C1C(=O)NC(CCCC[n+]2ccn3ncccc32)C(=O)NCC(=O)NC(CC(O)=[OH+])C(=O)N[C@H](Cc2c[nH]c3ccccc23)C(=O)N1C. The quantitative estimate of drug-likeness (QED) is 0.0757. The molecule has 0 radical (unpaired) electrons. The largest absolute Gasteiger partial charge is 0.483 e. The van der Waals surface area contributed by atoms with Crippen molar-refractivity contribution in [3.05, 3.63) is 66.7 Å². The zero-order chi connectivity index (χ0) is 36.7. The maximum absolute atomic E-state index is 14.2. The van der Waals surface area contributed by atoms with E-state index in [1.54, 1.807) is 30.8 Å². The Morgan fingerprint density at radius 1 is 0.980 bits per heavy atom. The van der Waals surface area contributed by atoms with Crippen molar-refractivity contribution < 1.29 is 38.4 Å². The number of rotatable bonds is 10. The lowest BCUT2D eigenvalue weighted by molar-refractivity contribution is -0.671. The number of aromatic nitrogens is 4. The Morgan fingerprint density at radius 2 is 1.75 bits per heavy atom. The number of aliphatic hydroxyl groups excluding tert-OH is 1. The summed E-state index contributed by atoms with van der Waals surface area (Å²) in [5.41, 5.74) is 2.44. The van der Waals surface area contributed by atoms with Crippen molar-refractivity contribution in [1.82, 2.24) is 40.8 Å². The monoisotopic (exact) mass is 703 g/mol. The molecular weight excluding hydrogens is 658 g/mol. The van der Waals surface area contributed by atoms with Crippen molar-refractivity contribution in [1.29, 1.82) is 0 Å². The summed E-state index contributed by atoms with van der Waals surface area (Å²) >= 11 is 0. The number of hydrogen-bond acceptors (Lipinski definition) is 6. The van der Waals surface area contributed by atoms with Crippen molar-refractivity contribution >= 4 is 52.1 Å². The molecule has 1 aliphatic rings. The van der Waals surface area contributed by atoms with Crippen LogP contribution in [0.5, 0.6) is 0 Å². The topological polar surface area (TPSA) is 215 Å². The number of nitrogens with one attached hydrogen (secondary N) is 5. The minimum Gasteiger partial charge on any atom is -0.361 e. The number of benzene rings is 1. The van der Waals surface area contributed by atoms with Crippen LogP contribution in [0.4, 0.5) is 0 Å². The number of H-pyrrole nitrogens is 1. The lowest BCUT2D eigenvalue weighted by Gasteiger charge is -2.34. The molecule has 7 N–H and O–H groups in total. The number of carboxylic acids is 1. The standard InChI is InChI=1S/C35H43N9O7/c1-21(2)31-34(50)40-25(11-6-7-14-43-15-16-44-29(43)12-8-13-38-44)32(48)37-20-28(45)39-26(18-30(46)47)33(49)41-27(35(51)42(31)3)17-22-19-36-24-10-5-4-9-23(22)24/h4-5,8-10,12-13,15-16,19,21,25-27,31,36H,6-7,11,14,17-18,20H2,1-3H3,(H4-,37,39,40,41,45,46,47,48,49,50)/p+2/t25?,26?,27-,31?/m1/s1. The van der Waals surface area contributed by atoms with E-state index in [0.717, 1.165) is 22.1 Å². The van der Waals surface area contributed by atoms with Crippen molar-refractivity contribution in [3.8, 4) is 0 Å². The van der Waals surface area contributed by atoms with E-state index in [1.807, 2.05) is 53.4 Å². The highest BCUT2D eigenvalue weighted by Crippen LogP contribution is 2.21. The zero-order valence-electron chi connectivity index (χ0n) is 28.8. The van der Waals surface area contributed by atoms with E-state index in [4.69, 9.17) is 0 Å². The van der Waals surface area contributed by atoms with Gasteiger partial charge < -0.3 is 41.1 Å². The first-order valence-electron chi connectivity index (χ1n) is 17.0. The van der Waals surface area contributed by atoms with Crippen LogP contribution in [0, 0.1) is 5.92 Å². The van der Waals surface area contributed by atoms with Gasteiger partial charge in [0.15, 0.2) is 6.20 Å². The molecule has 16 nitrogen and oxygen atoms in total. The number of nitrogens with zero attached hydrogens (tertiary/aromatic N) is 4. The smallest absolute Gasteiger partial charge is 0.361 e. The van der Waals surface area contributed by atoms with Gasteiger partial charge in [0.25, 0.3) is 0 Å². The Balaban J connectivity index is 1.40. The van der Waals surface area contributed by atoms with Crippen molar-refractivity contribution in [3.63, 3.8) is 0 Å². The van der Waals surface area contributed by atoms with Gasteiger partial charge in [-0.25, -0.2) is 4.57 Å². The zero-order valence-corrected chi connectivity index (χ0v) is 28.8. The Kier molecular flexibility index (Phi) is 11.6. The number of unbranched alkanes of at least 4 members (excludes halogenated alkanes) is 1. The van der Waals surface area contributed by atoms with E-state index in [9.17, 15) is 33.9 Å². The van der Waals surface area contributed by atoms with Gasteiger partial charge in [0.05, 0.1) is 19.3 Å². The van der Waals surface area contributed by atoms with Crippen LogP contribution in [0.2, 0.25) is 0 Å². The maximum atomic E-state index is 14.2. The number of likely N-dealkylation sites (N-methyl/N-ethyl adjacent to an activating group) is 1. The molecule has 5 amide bonds. The Morgan fingerprint density at radius 3 is 2.51 bits per heavy atom. The molecule has 3 aromatic heterocycles. The van der Waals surface area contributed by atoms with Crippen LogP contribution >= 0.6 is 0 Å². The molecule has 1 saturated heterocycles. The van der Waals surface area contributed by atoms with Gasteiger partial charge in [0, 0.05) is 36.6 Å². The summed E-state index contributed by atoms with van der Waals surface area (Å²) in [7, 11) is 1.47. The normalized spacial score (nSPS) is 21.2. The summed E-state index contributed by atoms with van der Waals surface area (Å²) in [4.78, 5) is 82.3. The fourth-order valence-corrected chi connectivity index (χ4v) is 6.51. The van der Waals surface area contributed by atoms with E-state index in [1.165, 1.54) is 11.9 Å². The van der Waals surface area contributed by atoms with Crippen molar-refractivity contribution in [2.45, 2.75) is 76.7 Å². The Bertz CT molecular complexity index is 1920. The number of carbonyl (C=O) groups is 5. The van der Waals surface area contributed by atoms with Crippen LogP contribution in [-0.4, -0.2) is 103 Å². The summed E-state index contributed by atoms with van der Waals surface area (Å²) < 4.78 is 3.78. The van der Waals surface area contributed by atoms with Crippen LogP contribution in [0.15, 0.2) is 61.2 Å². The van der Waals surface area contributed by atoms with E-state index in [-0.39, 0.29) is 12.8 Å². The number of fused-ring (bicyclic) bond motifs is 2. The minimum absolute atomic E-state index is 0.0226. The molecule has 0 bridgehead atoms. The molecule has 0 aliphatic carbocycles. The highest BCUT2D eigenvalue weighted by Gasteiger charge is 2.38. The van der Waals surface area contributed by atoms with Gasteiger partial charge in [-0.05, 0) is 42.9 Å². The summed E-state index contributed by atoms with van der Waals surface area (Å²) in [6, 6.07) is 6.47. The number of aliphatic carboxylic acids is 1. The summed E-state index contributed by atoms with van der Waals surface area (Å²) in [6.07, 6.45) is 7.99. The van der Waals surface area contributed by atoms with E-state index in [2.05, 4.69) is 31.3 Å². The molecule has 4 atom stereocenters. The molecule has 51 heavy (non-hydrogen) atoms. The summed E-state index contributed by atoms with van der Waals surface area (Å²) in [6.45, 7) is 3.63. The van der Waals surface area contributed by atoms with Gasteiger partial charge in [0.1, 0.15) is 36.8 Å². The van der Waals surface area contributed by atoms with E-state index in [0.29, 0.717) is 19.4 Å². The molecule has 4 aromatic rings. The number of amides is 5. The molecule has 16 heteroatoms. The Hall–Kier alpha value is -5.80. The van der Waals surface area contributed by atoms with Gasteiger partial charge in [-0.1, -0.05) is 37.1 Å². The number of carboxylic acid groups (broad SMARTS) is 1. The summed E-state index contributed by atoms with van der Waals surface area (Å²) in [5.74, 6) is -4.91. The number of para-hydroxylation sites is 1. The molecule has 270 valence electrons. The molecule has 1 aliphatic heterocycles. The highest BCUT2D eigenvalue weighted by molar-refractivity contribution is 5.98. The second-order valence-electron chi connectivity index (χ2n) is 13.1. The molecular formula is C35H45N9O7+2. The van der Waals surface area contributed by atoms with Gasteiger partial charge in [-0.3, -0.25) is 24.0 Å². The highest BCUT2D eigenvalue weighted by atomic mass is 16.4. The fourth-order valence-electron chi connectivity index (χ4n) is 6.51. The summed E-state index contributed by atoms with van der Waals surface area (Å²) in [5, 5.41) is 25.2. The molecule has 1 fully saturated rings. The maximum Gasteiger partial charge on any atom is 0.483 e. The second-order valence-corrected chi connectivity index (χ2v) is 13.1. The molecule has 0 saturated carbocycles. The third-order valence-electron chi connectivity index (χ3n) is 9.05. The first kappa shape index (κ1) is 36.5. The molecule has 3 unspecified atom stereocenters. The Labute approximate surface area is 293 Å². The average Bonchev–Trinajstić information content (AvgIpc) is 3.70. The molecule has 0 spiro atoms. The van der Waals surface area contributed by atoms with Crippen LogP contribution in [0.1, 0.15) is 45.1 Å². The predicted molar refractivity (Wildman–Crippen MR) is 186 cm³/mol. The third-order valence-corrected chi connectivity index (χ3v) is 9.05. The number of carbonyl (C=O) groups excluding carboxylic acids is 5. The van der Waals surface area contributed by atoms with Crippen LogP contribution in [0.25, 0.3) is 16.6 Å². The van der Waals surface area contributed by atoms with Crippen LogP contribution < -0.4 is 25.8 Å². The van der Waals surface area contributed by atoms with Crippen LogP contribution in [0.3, 0.4) is 0 Å². The minimum atomic E-state index is -1.48. The third kappa shape index (κ3) is 8.87. The number of aromatic amines is 1. The first-order chi connectivity index (χ1) is 24.4. The van der Waals surface area contributed by atoms with Gasteiger partial charge in [0.2, 0.25) is 29.5 Å².